The second kappa shape index (κ2) is 13.9. The van der Waals surface area contributed by atoms with Crippen molar-refractivity contribution in [1.82, 2.24) is 0 Å². The molecular formula is C20H39O6S-. The lowest BCUT2D eigenvalue weighted by Gasteiger charge is -2.37. The second-order valence-electron chi connectivity index (χ2n) is 7.80. The Bertz CT molecular complexity index is 457. The Kier molecular flexibility index (Phi) is 12.8. The molecule has 1 saturated heterocycles. The van der Waals surface area contributed by atoms with Gasteiger partial charge in [-0.2, -0.15) is 0 Å². The van der Waals surface area contributed by atoms with Gasteiger partial charge >= 0.3 is 0 Å². The summed E-state index contributed by atoms with van der Waals surface area (Å²) in [4.78, 5) is 0. The third-order valence-electron chi connectivity index (χ3n) is 5.03. The monoisotopic (exact) mass is 407 g/mol. The Morgan fingerprint density at radius 3 is 2.04 bits per heavy atom. The van der Waals surface area contributed by atoms with Crippen LogP contribution in [0.5, 0.6) is 0 Å². The molecule has 1 aliphatic heterocycles. The second-order valence-corrected chi connectivity index (χ2v) is 9.32. The zero-order valence-corrected chi connectivity index (χ0v) is 18.1. The molecule has 0 aromatic heterocycles. The molecule has 0 aliphatic carbocycles. The van der Waals surface area contributed by atoms with E-state index >= 15 is 0 Å². The molecule has 0 unspecified atom stereocenters. The first-order valence-electron chi connectivity index (χ1n) is 10.7. The summed E-state index contributed by atoms with van der Waals surface area (Å²) in [5.41, 5.74) is 0. The van der Waals surface area contributed by atoms with Gasteiger partial charge in [0.1, 0.15) is 6.10 Å². The molecule has 0 bridgehead atoms. The lowest BCUT2D eigenvalue weighted by atomic mass is 10.0. The molecule has 162 valence electrons. The molecule has 0 amide bonds. The van der Waals surface area contributed by atoms with E-state index in [4.69, 9.17) is 14.2 Å². The van der Waals surface area contributed by atoms with Crippen LogP contribution in [0.25, 0.3) is 0 Å². The third-order valence-corrected chi connectivity index (χ3v) is 5.81. The lowest BCUT2D eigenvalue weighted by Crippen LogP contribution is -2.45. The quantitative estimate of drug-likeness (QED) is 0.279. The minimum atomic E-state index is -4.12. The molecule has 0 N–H and O–H groups in total. The summed E-state index contributed by atoms with van der Waals surface area (Å²) in [6.07, 6.45) is 13.4. The van der Waals surface area contributed by atoms with Crippen molar-refractivity contribution in [2.45, 2.75) is 103 Å². The molecule has 0 atom stereocenters. The Hall–Kier alpha value is -0.210. The highest BCUT2D eigenvalue weighted by molar-refractivity contribution is 7.85. The van der Waals surface area contributed by atoms with Gasteiger partial charge in [0.25, 0.3) is 0 Å². The molecule has 0 saturated carbocycles. The molecule has 1 aliphatic rings. The van der Waals surface area contributed by atoms with E-state index in [1.807, 2.05) is 6.92 Å². The lowest BCUT2D eigenvalue weighted by molar-refractivity contribution is -0.291. The third kappa shape index (κ3) is 13.6. The van der Waals surface area contributed by atoms with E-state index in [-0.39, 0.29) is 11.9 Å². The Morgan fingerprint density at radius 1 is 0.926 bits per heavy atom. The Morgan fingerprint density at radius 2 is 1.48 bits per heavy atom. The van der Waals surface area contributed by atoms with Gasteiger partial charge in [-0.15, -0.1) is 0 Å². The van der Waals surface area contributed by atoms with Crippen LogP contribution in [0, 0.1) is 0 Å². The Labute approximate surface area is 166 Å². The van der Waals surface area contributed by atoms with Crippen molar-refractivity contribution in [3.63, 3.8) is 0 Å². The van der Waals surface area contributed by atoms with Crippen LogP contribution in [0.4, 0.5) is 0 Å². The molecule has 0 aromatic rings. The van der Waals surface area contributed by atoms with Crippen molar-refractivity contribution < 1.29 is 27.2 Å². The van der Waals surface area contributed by atoms with E-state index in [1.54, 1.807) is 0 Å². The predicted octanol–water partition coefficient (Wildman–Crippen LogP) is 4.38. The molecule has 27 heavy (non-hydrogen) atoms. The largest absolute Gasteiger partial charge is 0.748 e. The molecule has 0 spiro atoms. The molecule has 1 heterocycles. The van der Waals surface area contributed by atoms with Crippen LogP contribution >= 0.6 is 0 Å². The number of rotatable bonds is 16. The van der Waals surface area contributed by atoms with Crippen molar-refractivity contribution in [3.05, 3.63) is 0 Å². The van der Waals surface area contributed by atoms with Gasteiger partial charge in [-0.05, 0) is 26.2 Å². The molecular weight excluding hydrogens is 368 g/mol. The topological polar surface area (TPSA) is 84.9 Å². The van der Waals surface area contributed by atoms with E-state index in [2.05, 4.69) is 6.92 Å². The van der Waals surface area contributed by atoms with Crippen molar-refractivity contribution in [3.8, 4) is 0 Å². The maximum atomic E-state index is 10.5. The average Bonchev–Trinajstić information content (AvgIpc) is 2.61. The first kappa shape index (κ1) is 24.8. The Balaban J connectivity index is 1.99. The minimum absolute atomic E-state index is 0.120. The van der Waals surface area contributed by atoms with E-state index in [0.29, 0.717) is 32.7 Å². The fourth-order valence-corrected chi connectivity index (χ4v) is 3.81. The van der Waals surface area contributed by atoms with Crippen molar-refractivity contribution in [2.75, 3.05) is 25.6 Å². The smallest absolute Gasteiger partial charge is 0.165 e. The van der Waals surface area contributed by atoms with E-state index < -0.39 is 15.9 Å². The summed E-state index contributed by atoms with van der Waals surface area (Å²) in [6.45, 7) is 5.65. The van der Waals surface area contributed by atoms with Crippen LogP contribution < -0.4 is 0 Å². The van der Waals surface area contributed by atoms with Gasteiger partial charge in [0.2, 0.25) is 0 Å². The van der Waals surface area contributed by atoms with Gasteiger partial charge in [0.15, 0.2) is 5.79 Å². The van der Waals surface area contributed by atoms with E-state index in [1.165, 1.54) is 51.4 Å². The zero-order chi connectivity index (χ0) is 20.0. The predicted molar refractivity (Wildman–Crippen MR) is 106 cm³/mol. The standard InChI is InChI=1S/C20H40O6S/c1-3-4-5-6-7-8-9-10-11-14-20(2)25-17-19(18-26-20)24-15-12-13-16-27(21,22)23/h19H,3-18H2,1-2H3,(H,21,22,23)/p-1. The van der Waals surface area contributed by atoms with Gasteiger partial charge in [-0.25, -0.2) is 8.42 Å². The highest BCUT2D eigenvalue weighted by Crippen LogP contribution is 2.26. The number of unbranched alkanes of at least 4 members (excludes halogenated alkanes) is 9. The summed E-state index contributed by atoms with van der Waals surface area (Å²) < 4.78 is 49.0. The fraction of sp³-hybridized carbons (Fsp3) is 1.00. The SMILES string of the molecule is CCCCCCCCCCCC1(C)OCC(OCCCCS(=O)(=O)[O-])CO1. The van der Waals surface area contributed by atoms with Crippen LogP contribution in [0.2, 0.25) is 0 Å². The minimum Gasteiger partial charge on any atom is -0.748 e. The normalized spacial score (nSPS) is 23.6. The highest BCUT2D eigenvalue weighted by Gasteiger charge is 2.32. The summed E-state index contributed by atoms with van der Waals surface area (Å²) >= 11 is 0. The summed E-state index contributed by atoms with van der Waals surface area (Å²) in [6, 6.07) is 0. The van der Waals surface area contributed by atoms with Crippen molar-refractivity contribution in [2.24, 2.45) is 0 Å². The van der Waals surface area contributed by atoms with Crippen molar-refractivity contribution in [1.29, 1.82) is 0 Å². The summed E-state index contributed by atoms with van der Waals surface area (Å²) in [7, 11) is -4.12. The van der Waals surface area contributed by atoms with Crippen LogP contribution in [0.1, 0.15) is 90.9 Å². The molecule has 1 fully saturated rings. The van der Waals surface area contributed by atoms with Gasteiger partial charge in [0, 0.05) is 18.8 Å². The van der Waals surface area contributed by atoms with Crippen LogP contribution in [-0.4, -0.2) is 50.4 Å². The number of hydrogen-bond donors (Lipinski definition) is 0. The summed E-state index contributed by atoms with van der Waals surface area (Å²) in [5, 5.41) is 0. The van der Waals surface area contributed by atoms with E-state index in [9.17, 15) is 13.0 Å². The average molecular weight is 408 g/mol. The van der Waals surface area contributed by atoms with E-state index in [0.717, 1.165) is 12.8 Å². The number of hydrogen-bond acceptors (Lipinski definition) is 6. The van der Waals surface area contributed by atoms with Gasteiger partial charge in [0.05, 0.1) is 23.3 Å². The molecule has 0 radical (unpaired) electrons. The van der Waals surface area contributed by atoms with Crippen LogP contribution in [-0.2, 0) is 24.3 Å². The van der Waals surface area contributed by atoms with Crippen LogP contribution in [0.3, 0.4) is 0 Å². The number of ether oxygens (including phenoxy) is 3. The highest BCUT2D eigenvalue weighted by atomic mass is 32.2. The molecule has 6 nitrogen and oxygen atoms in total. The summed E-state index contributed by atoms with van der Waals surface area (Å²) in [5.74, 6) is -0.845. The van der Waals surface area contributed by atoms with Gasteiger partial charge in [-0.1, -0.05) is 58.3 Å². The first-order chi connectivity index (χ1) is 12.8. The van der Waals surface area contributed by atoms with Gasteiger partial charge in [-0.3, -0.25) is 0 Å². The zero-order valence-electron chi connectivity index (χ0n) is 17.2. The molecule has 7 heteroatoms. The maximum absolute atomic E-state index is 10.5. The van der Waals surface area contributed by atoms with Crippen molar-refractivity contribution >= 4 is 10.1 Å². The maximum Gasteiger partial charge on any atom is 0.165 e. The molecule has 1 rings (SSSR count). The first-order valence-corrected chi connectivity index (χ1v) is 12.3. The van der Waals surface area contributed by atoms with Crippen LogP contribution in [0.15, 0.2) is 0 Å². The fourth-order valence-electron chi connectivity index (χ4n) is 3.26. The van der Waals surface area contributed by atoms with Gasteiger partial charge < -0.3 is 18.8 Å². The molecule has 0 aromatic carbocycles.